The number of hydrogen-bond acceptors (Lipinski definition) is 3. The van der Waals surface area contributed by atoms with Gasteiger partial charge in [-0.05, 0) is 26.3 Å². The van der Waals surface area contributed by atoms with Crippen LogP contribution in [0.2, 0.25) is 0 Å². The number of carboxylic acids is 1. The van der Waals surface area contributed by atoms with Crippen LogP contribution < -0.4 is 0 Å². The summed E-state index contributed by atoms with van der Waals surface area (Å²) in [6.07, 6.45) is 1.94. The van der Waals surface area contributed by atoms with E-state index in [0.29, 0.717) is 13.1 Å². The van der Waals surface area contributed by atoms with Gasteiger partial charge in [0.15, 0.2) is 0 Å². The highest BCUT2D eigenvalue weighted by Gasteiger charge is 2.26. The predicted molar refractivity (Wildman–Crippen MR) is 60.2 cm³/mol. The zero-order valence-corrected chi connectivity index (χ0v) is 9.98. The van der Waals surface area contributed by atoms with Gasteiger partial charge in [-0.3, -0.25) is 14.5 Å². The smallest absolute Gasteiger partial charge is 0.317 e. The summed E-state index contributed by atoms with van der Waals surface area (Å²) in [5, 5.41) is 8.73. The summed E-state index contributed by atoms with van der Waals surface area (Å²) in [6, 6.07) is 0.176. The van der Waals surface area contributed by atoms with Gasteiger partial charge < -0.3 is 10.0 Å². The van der Waals surface area contributed by atoms with Gasteiger partial charge >= 0.3 is 5.97 Å². The summed E-state index contributed by atoms with van der Waals surface area (Å²) < 4.78 is 0. The van der Waals surface area contributed by atoms with Gasteiger partial charge in [-0.25, -0.2) is 0 Å². The molecule has 0 spiro atoms. The maximum absolute atomic E-state index is 11.4. The van der Waals surface area contributed by atoms with Crippen molar-refractivity contribution in [1.82, 2.24) is 9.80 Å². The third-order valence-corrected chi connectivity index (χ3v) is 3.03. The molecule has 1 rings (SSSR count). The van der Waals surface area contributed by atoms with Crippen molar-refractivity contribution in [1.29, 1.82) is 0 Å². The molecule has 1 aliphatic heterocycles. The van der Waals surface area contributed by atoms with Gasteiger partial charge in [0, 0.05) is 26.1 Å². The maximum atomic E-state index is 11.4. The lowest BCUT2D eigenvalue weighted by atomic mass is 10.0. The molecule has 1 heterocycles. The molecule has 1 atom stereocenters. The van der Waals surface area contributed by atoms with E-state index in [4.69, 9.17) is 5.11 Å². The van der Waals surface area contributed by atoms with Gasteiger partial charge in [-0.15, -0.1) is 0 Å². The van der Waals surface area contributed by atoms with E-state index in [-0.39, 0.29) is 18.5 Å². The average Bonchev–Trinajstić information content (AvgIpc) is 2.17. The van der Waals surface area contributed by atoms with Gasteiger partial charge in [0.25, 0.3) is 0 Å². The SMILES string of the molecule is CCN(C(C)=O)[C@H]1CCCN(CC(=O)O)C1. The minimum absolute atomic E-state index is 0.0738. The van der Waals surface area contributed by atoms with Gasteiger partial charge in [0.1, 0.15) is 0 Å². The molecule has 92 valence electrons. The molecule has 0 radical (unpaired) electrons. The highest BCUT2D eigenvalue weighted by molar-refractivity contribution is 5.73. The highest BCUT2D eigenvalue weighted by atomic mass is 16.4. The van der Waals surface area contributed by atoms with Crippen LogP contribution in [0.25, 0.3) is 0 Å². The lowest BCUT2D eigenvalue weighted by Gasteiger charge is -2.38. The predicted octanol–water partition coefficient (Wildman–Crippen LogP) is 0.404. The number of likely N-dealkylation sites (N-methyl/N-ethyl adjacent to an activating group) is 1. The van der Waals surface area contributed by atoms with E-state index in [1.165, 1.54) is 0 Å². The quantitative estimate of drug-likeness (QED) is 0.757. The first-order chi connectivity index (χ1) is 7.54. The monoisotopic (exact) mass is 228 g/mol. The minimum Gasteiger partial charge on any atom is -0.480 e. The van der Waals surface area contributed by atoms with Crippen molar-refractivity contribution in [2.75, 3.05) is 26.2 Å². The fraction of sp³-hybridized carbons (Fsp3) is 0.818. The first-order valence-electron chi connectivity index (χ1n) is 5.76. The van der Waals surface area contributed by atoms with Crippen molar-refractivity contribution in [2.24, 2.45) is 0 Å². The van der Waals surface area contributed by atoms with E-state index in [1.807, 2.05) is 16.7 Å². The Labute approximate surface area is 96.0 Å². The first kappa shape index (κ1) is 13.0. The molecular formula is C11H20N2O3. The summed E-state index contributed by atoms with van der Waals surface area (Å²) in [5.74, 6) is -0.726. The Balaban J connectivity index is 2.55. The molecule has 1 amide bonds. The van der Waals surface area contributed by atoms with Crippen molar-refractivity contribution in [2.45, 2.75) is 32.7 Å². The van der Waals surface area contributed by atoms with Gasteiger partial charge in [-0.2, -0.15) is 0 Å². The number of amides is 1. The Bertz CT molecular complexity index is 268. The molecule has 1 fully saturated rings. The maximum Gasteiger partial charge on any atom is 0.317 e. The second-order valence-corrected chi connectivity index (χ2v) is 4.23. The summed E-state index contributed by atoms with van der Waals surface area (Å²) in [5.41, 5.74) is 0. The van der Waals surface area contributed by atoms with Crippen molar-refractivity contribution in [3.8, 4) is 0 Å². The second-order valence-electron chi connectivity index (χ2n) is 4.23. The molecule has 0 bridgehead atoms. The largest absolute Gasteiger partial charge is 0.480 e. The number of piperidine rings is 1. The van der Waals surface area contributed by atoms with Crippen molar-refractivity contribution in [3.63, 3.8) is 0 Å². The molecule has 0 aromatic carbocycles. The van der Waals surface area contributed by atoms with Gasteiger partial charge in [0.05, 0.1) is 6.54 Å². The van der Waals surface area contributed by atoms with E-state index in [0.717, 1.165) is 19.4 Å². The van der Waals surface area contributed by atoms with E-state index in [9.17, 15) is 9.59 Å². The van der Waals surface area contributed by atoms with Crippen molar-refractivity contribution >= 4 is 11.9 Å². The van der Waals surface area contributed by atoms with Crippen LogP contribution in [0.4, 0.5) is 0 Å². The summed E-state index contributed by atoms with van der Waals surface area (Å²) in [7, 11) is 0. The Hall–Kier alpha value is -1.10. The number of carbonyl (C=O) groups excluding carboxylic acids is 1. The molecule has 5 heteroatoms. The van der Waals surface area contributed by atoms with Crippen LogP contribution in [0.5, 0.6) is 0 Å². The van der Waals surface area contributed by atoms with E-state index in [2.05, 4.69) is 0 Å². The molecular weight excluding hydrogens is 208 g/mol. The number of hydrogen-bond donors (Lipinski definition) is 1. The van der Waals surface area contributed by atoms with Crippen molar-refractivity contribution < 1.29 is 14.7 Å². The number of likely N-dealkylation sites (tertiary alicyclic amines) is 1. The number of carboxylic acid groups (broad SMARTS) is 1. The first-order valence-corrected chi connectivity index (χ1v) is 5.76. The third kappa shape index (κ3) is 3.48. The lowest BCUT2D eigenvalue weighted by molar-refractivity contribution is -0.139. The standard InChI is InChI=1S/C11H20N2O3/c1-3-13(9(2)14)10-5-4-6-12(7-10)8-11(15)16/h10H,3-8H2,1-2H3,(H,15,16)/t10-/m0/s1. The number of nitrogens with zero attached hydrogens (tertiary/aromatic N) is 2. The molecule has 5 nitrogen and oxygen atoms in total. The fourth-order valence-electron chi connectivity index (χ4n) is 2.36. The Morgan fingerprint density at radius 2 is 2.19 bits per heavy atom. The van der Waals surface area contributed by atoms with Gasteiger partial charge in [0.2, 0.25) is 5.91 Å². The normalized spacial score (nSPS) is 21.8. The number of rotatable bonds is 4. The third-order valence-electron chi connectivity index (χ3n) is 3.03. The topological polar surface area (TPSA) is 60.9 Å². The molecule has 1 N–H and O–H groups in total. The molecule has 16 heavy (non-hydrogen) atoms. The summed E-state index contributed by atoms with van der Waals surface area (Å²) in [6.45, 7) is 5.79. The Morgan fingerprint density at radius 1 is 1.50 bits per heavy atom. The van der Waals surface area contributed by atoms with Crippen molar-refractivity contribution in [3.05, 3.63) is 0 Å². The fourth-order valence-corrected chi connectivity index (χ4v) is 2.36. The van der Waals surface area contributed by atoms with Crippen LogP contribution in [0.3, 0.4) is 0 Å². The van der Waals surface area contributed by atoms with E-state index < -0.39 is 5.97 Å². The molecule has 1 aliphatic rings. The molecule has 0 aromatic rings. The minimum atomic E-state index is -0.800. The zero-order valence-electron chi connectivity index (χ0n) is 9.98. The van der Waals surface area contributed by atoms with Crippen LogP contribution in [-0.2, 0) is 9.59 Å². The average molecular weight is 228 g/mol. The van der Waals surface area contributed by atoms with E-state index in [1.54, 1.807) is 6.92 Å². The number of aliphatic carboxylic acids is 1. The van der Waals surface area contributed by atoms with Crippen LogP contribution in [-0.4, -0.2) is 59.0 Å². The second kappa shape index (κ2) is 5.84. The Kier molecular flexibility index (Phi) is 4.73. The van der Waals surface area contributed by atoms with E-state index >= 15 is 0 Å². The molecule has 0 aliphatic carbocycles. The zero-order chi connectivity index (χ0) is 12.1. The van der Waals surface area contributed by atoms with Crippen LogP contribution in [0.15, 0.2) is 0 Å². The lowest BCUT2D eigenvalue weighted by Crippen LogP contribution is -2.50. The van der Waals surface area contributed by atoms with Gasteiger partial charge in [-0.1, -0.05) is 0 Å². The highest BCUT2D eigenvalue weighted by Crippen LogP contribution is 2.15. The van der Waals surface area contributed by atoms with Crippen LogP contribution in [0.1, 0.15) is 26.7 Å². The Morgan fingerprint density at radius 3 is 2.69 bits per heavy atom. The molecule has 0 unspecified atom stereocenters. The molecule has 1 saturated heterocycles. The summed E-state index contributed by atoms with van der Waals surface area (Å²) >= 11 is 0. The van der Waals surface area contributed by atoms with Crippen LogP contribution >= 0.6 is 0 Å². The molecule has 0 saturated carbocycles. The summed E-state index contributed by atoms with van der Waals surface area (Å²) in [4.78, 5) is 25.8. The van der Waals surface area contributed by atoms with Crippen LogP contribution in [0, 0.1) is 0 Å². The number of carbonyl (C=O) groups is 2. The molecule has 0 aromatic heterocycles.